The summed E-state index contributed by atoms with van der Waals surface area (Å²) in [6, 6.07) is 7.31. The summed E-state index contributed by atoms with van der Waals surface area (Å²) in [5, 5.41) is 14.7. The van der Waals surface area contributed by atoms with E-state index in [4.69, 9.17) is 13.9 Å². The van der Waals surface area contributed by atoms with Gasteiger partial charge in [0.25, 0.3) is 0 Å². The van der Waals surface area contributed by atoms with E-state index in [1.165, 1.54) is 20.5 Å². The van der Waals surface area contributed by atoms with Crippen molar-refractivity contribution in [3.05, 3.63) is 42.4 Å². The van der Waals surface area contributed by atoms with Crippen LogP contribution in [0, 0.1) is 0 Å². The first-order valence-corrected chi connectivity index (χ1v) is 7.54. The maximum atomic E-state index is 12.2. The smallest absolute Gasteiger partial charge is 0.321 e. The second kappa shape index (κ2) is 8.74. The van der Waals surface area contributed by atoms with Crippen LogP contribution in [0.15, 0.2) is 41.0 Å². The van der Waals surface area contributed by atoms with Crippen molar-refractivity contribution < 1.29 is 28.6 Å². The molecule has 2 aromatic rings. The third kappa shape index (κ3) is 5.25. The quantitative estimate of drug-likeness (QED) is 0.634. The number of rotatable bonds is 9. The van der Waals surface area contributed by atoms with E-state index in [9.17, 15) is 14.7 Å². The number of amides is 1. The molecular weight excluding hydrogens is 328 g/mol. The molecule has 0 aliphatic rings. The molecule has 0 aliphatic carbocycles. The molecule has 2 rings (SSSR count). The molecule has 0 radical (unpaired) electrons. The Kier molecular flexibility index (Phi) is 6.41. The number of hydrogen-bond acceptors (Lipinski definition) is 6. The van der Waals surface area contributed by atoms with Crippen molar-refractivity contribution >= 4 is 17.6 Å². The fraction of sp³-hybridized carbons (Fsp3) is 0.294. The molecule has 0 bridgehead atoms. The number of carboxylic acid groups (broad SMARTS) is 1. The van der Waals surface area contributed by atoms with Crippen LogP contribution in [0.3, 0.4) is 0 Å². The molecule has 1 atom stereocenters. The van der Waals surface area contributed by atoms with Crippen LogP contribution in [0.2, 0.25) is 0 Å². The predicted molar refractivity (Wildman–Crippen MR) is 89.8 cm³/mol. The van der Waals surface area contributed by atoms with Crippen LogP contribution in [0.4, 0.5) is 5.69 Å². The number of methoxy groups -OCH3 is 2. The average molecular weight is 348 g/mol. The number of carbonyl (C=O) groups is 2. The molecule has 0 fully saturated rings. The van der Waals surface area contributed by atoms with Crippen molar-refractivity contribution in [2.75, 3.05) is 19.5 Å². The van der Waals surface area contributed by atoms with E-state index >= 15 is 0 Å². The summed E-state index contributed by atoms with van der Waals surface area (Å²) in [6.45, 7) is 0.208. The summed E-state index contributed by atoms with van der Waals surface area (Å²) < 4.78 is 15.4. The highest BCUT2D eigenvalue weighted by Gasteiger charge is 2.22. The van der Waals surface area contributed by atoms with Crippen LogP contribution in [0.5, 0.6) is 11.5 Å². The topological polar surface area (TPSA) is 110 Å². The van der Waals surface area contributed by atoms with Gasteiger partial charge >= 0.3 is 5.97 Å². The molecular formula is C17H20N2O6. The Hall–Kier alpha value is -3.00. The van der Waals surface area contributed by atoms with E-state index < -0.39 is 17.9 Å². The highest BCUT2D eigenvalue weighted by atomic mass is 16.5. The third-order valence-corrected chi connectivity index (χ3v) is 3.47. The zero-order valence-electron chi connectivity index (χ0n) is 13.9. The van der Waals surface area contributed by atoms with E-state index in [2.05, 4.69) is 10.6 Å². The van der Waals surface area contributed by atoms with Crippen LogP contribution in [-0.4, -0.2) is 37.2 Å². The number of aliphatic carboxylic acids is 1. The minimum atomic E-state index is -1.13. The summed E-state index contributed by atoms with van der Waals surface area (Å²) in [7, 11) is 2.98. The molecule has 0 aliphatic heterocycles. The van der Waals surface area contributed by atoms with Gasteiger partial charge in [-0.25, -0.2) is 0 Å². The number of hydrogen-bond donors (Lipinski definition) is 3. The molecule has 1 aromatic heterocycles. The van der Waals surface area contributed by atoms with Crippen molar-refractivity contribution in [3.63, 3.8) is 0 Å². The van der Waals surface area contributed by atoms with Crippen LogP contribution in [0.25, 0.3) is 0 Å². The van der Waals surface area contributed by atoms with Gasteiger partial charge in [0.2, 0.25) is 5.91 Å². The molecule has 8 heteroatoms. The fourth-order valence-corrected chi connectivity index (χ4v) is 2.18. The van der Waals surface area contributed by atoms with Crippen molar-refractivity contribution in [1.82, 2.24) is 5.32 Å². The number of anilines is 1. The molecule has 3 N–H and O–H groups in total. The minimum Gasteiger partial charge on any atom is -0.497 e. The Morgan fingerprint density at radius 2 is 2.04 bits per heavy atom. The van der Waals surface area contributed by atoms with Crippen LogP contribution >= 0.6 is 0 Å². The largest absolute Gasteiger partial charge is 0.497 e. The van der Waals surface area contributed by atoms with E-state index in [1.807, 2.05) is 0 Å². The normalized spacial score (nSPS) is 11.6. The van der Waals surface area contributed by atoms with Gasteiger partial charge in [-0.3, -0.25) is 14.9 Å². The second-order valence-corrected chi connectivity index (χ2v) is 5.17. The van der Waals surface area contributed by atoms with Crippen molar-refractivity contribution in [2.45, 2.75) is 19.0 Å². The maximum Gasteiger partial charge on any atom is 0.321 e. The predicted octanol–water partition coefficient (Wildman–Crippen LogP) is 1.87. The summed E-state index contributed by atoms with van der Waals surface area (Å²) in [5.41, 5.74) is 0.405. The molecule has 0 saturated heterocycles. The first kappa shape index (κ1) is 18.3. The summed E-state index contributed by atoms with van der Waals surface area (Å²) in [6.07, 6.45) is 1.24. The number of carbonyl (C=O) groups excluding carboxylic acids is 1. The SMILES string of the molecule is COc1ccc(OC)c(NC(=O)CC(NCc2ccco2)C(=O)O)c1. The molecule has 1 unspecified atom stereocenters. The molecule has 134 valence electrons. The zero-order valence-corrected chi connectivity index (χ0v) is 13.9. The Bertz CT molecular complexity index is 714. The van der Waals surface area contributed by atoms with E-state index in [1.54, 1.807) is 30.3 Å². The van der Waals surface area contributed by atoms with Gasteiger partial charge in [-0.1, -0.05) is 0 Å². The Morgan fingerprint density at radius 1 is 1.24 bits per heavy atom. The Labute approximate surface area is 144 Å². The fourth-order valence-electron chi connectivity index (χ4n) is 2.18. The first-order valence-electron chi connectivity index (χ1n) is 7.54. The Morgan fingerprint density at radius 3 is 2.64 bits per heavy atom. The number of nitrogens with one attached hydrogen (secondary N) is 2. The van der Waals surface area contributed by atoms with Gasteiger partial charge in [0.1, 0.15) is 23.3 Å². The summed E-state index contributed by atoms with van der Waals surface area (Å²) in [5.74, 6) is -0.0160. The second-order valence-electron chi connectivity index (χ2n) is 5.17. The van der Waals surface area contributed by atoms with E-state index in [0.717, 1.165) is 0 Å². The Balaban J connectivity index is 2.00. The third-order valence-electron chi connectivity index (χ3n) is 3.47. The van der Waals surface area contributed by atoms with Gasteiger partial charge < -0.3 is 24.3 Å². The highest BCUT2D eigenvalue weighted by Crippen LogP contribution is 2.29. The van der Waals surface area contributed by atoms with Crippen LogP contribution in [0.1, 0.15) is 12.2 Å². The lowest BCUT2D eigenvalue weighted by Gasteiger charge is -2.15. The lowest BCUT2D eigenvalue weighted by molar-refractivity contribution is -0.141. The molecule has 1 amide bonds. The highest BCUT2D eigenvalue weighted by molar-refractivity contribution is 5.95. The monoisotopic (exact) mass is 348 g/mol. The molecule has 0 saturated carbocycles. The van der Waals surface area contributed by atoms with Crippen molar-refractivity contribution in [2.24, 2.45) is 0 Å². The van der Waals surface area contributed by atoms with E-state index in [0.29, 0.717) is 22.9 Å². The average Bonchev–Trinajstić information content (AvgIpc) is 3.11. The van der Waals surface area contributed by atoms with Crippen LogP contribution < -0.4 is 20.1 Å². The van der Waals surface area contributed by atoms with Gasteiger partial charge in [-0.2, -0.15) is 0 Å². The standard InChI is InChI=1S/C17H20N2O6/c1-23-11-5-6-15(24-2)13(8-11)19-16(20)9-14(17(21)22)18-10-12-4-3-7-25-12/h3-8,14,18H,9-10H2,1-2H3,(H,19,20)(H,21,22). The maximum absolute atomic E-state index is 12.2. The lowest BCUT2D eigenvalue weighted by atomic mass is 10.2. The van der Waals surface area contributed by atoms with Gasteiger partial charge in [-0.05, 0) is 24.3 Å². The molecule has 0 spiro atoms. The first-order chi connectivity index (χ1) is 12.0. The number of ether oxygens (including phenoxy) is 2. The van der Waals surface area contributed by atoms with Crippen LogP contribution in [-0.2, 0) is 16.1 Å². The van der Waals surface area contributed by atoms with Gasteiger partial charge in [0, 0.05) is 6.07 Å². The van der Waals surface area contributed by atoms with Gasteiger partial charge in [0.05, 0.1) is 39.1 Å². The molecule has 1 heterocycles. The van der Waals surface area contributed by atoms with Gasteiger partial charge in [-0.15, -0.1) is 0 Å². The lowest BCUT2D eigenvalue weighted by Crippen LogP contribution is -2.39. The number of furan rings is 1. The summed E-state index contributed by atoms with van der Waals surface area (Å²) in [4.78, 5) is 23.6. The molecule has 8 nitrogen and oxygen atoms in total. The number of carboxylic acids is 1. The van der Waals surface area contributed by atoms with Crippen molar-refractivity contribution in [1.29, 1.82) is 0 Å². The van der Waals surface area contributed by atoms with Crippen molar-refractivity contribution in [3.8, 4) is 11.5 Å². The van der Waals surface area contributed by atoms with E-state index in [-0.39, 0.29) is 13.0 Å². The molecule has 25 heavy (non-hydrogen) atoms. The number of benzene rings is 1. The zero-order chi connectivity index (χ0) is 18.2. The summed E-state index contributed by atoms with van der Waals surface area (Å²) >= 11 is 0. The molecule has 1 aromatic carbocycles. The minimum absolute atomic E-state index is 0.208. The van der Waals surface area contributed by atoms with Gasteiger partial charge in [0.15, 0.2) is 0 Å².